The van der Waals surface area contributed by atoms with Crippen LogP contribution in [-0.2, 0) is 0 Å². The van der Waals surface area contributed by atoms with Gasteiger partial charge in [0.05, 0.1) is 15.8 Å². The molecule has 0 aliphatic rings. The third kappa shape index (κ3) is 2.84. The normalized spacial score (nSPS) is 10.4. The van der Waals surface area contributed by atoms with Crippen LogP contribution in [-0.4, -0.2) is 0 Å². The van der Waals surface area contributed by atoms with Crippen molar-refractivity contribution in [2.24, 2.45) is 0 Å². The largest absolute Gasteiger partial charge is 0.397 e. The highest BCUT2D eigenvalue weighted by molar-refractivity contribution is 9.10. The molecule has 94 valence electrons. The van der Waals surface area contributed by atoms with Gasteiger partial charge in [0.2, 0.25) is 0 Å². The number of anilines is 3. The van der Waals surface area contributed by atoms with E-state index in [1.807, 2.05) is 25.1 Å². The SMILES string of the molecule is Cc1ccc(Br)cc1Nc1cc(F)c(Br)cc1N. The highest BCUT2D eigenvalue weighted by Crippen LogP contribution is 2.31. The first-order valence-corrected chi connectivity index (χ1v) is 6.83. The van der Waals surface area contributed by atoms with Crippen LogP contribution in [0.1, 0.15) is 5.56 Å². The van der Waals surface area contributed by atoms with Crippen molar-refractivity contribution >= 4 is 48.9 Å². The molecule has 0 heterocycles. The van der Waals surface area contributed by atoms with Crippen molar-refractivity contribution in [3.63, 3.8) is 0 Å². The summed E-state index contributed by atoms with van der Waals surface area (Å²) in [5.74, 6) is -0.348. The molecule has 0 unspecified atom stereocenters. The Kier molecular flexibility index (Phi) is 3.92. The summed E-state index contributed by atoms with van der Waals surface area (Å²) in [6, 6.07) is 8.77. The number of aryl methyl sites for hydroxylation is 1. The van der Waals surface area contributed by atoms with E-state index in [9.17, 15) is 4.39 Å². The minimum absolute atomic E-state index is 0.348. The van der Waals surface area contributed by atoms with E-state index in [0.29, 0.717) is 15.8 Å². The summed E-state index contributed by atoms with van der Waals surface area (Å²) in [5, 5.41) is 3.13. The first-order chi connectivity index (χ1) is 8.47. The topological polar surface area (TPSA) is 38.0 Å². The van der Waals surface area contributed by atoms with Crippen molar-refractivity contribution in [2.75, 3.05) is 11.1 Å². The molecule has 0 fully saturated rings. The fourth-order valence-electron chi connectivity index (χ4n) is 1.54. The van der Waals surface area contributed by atoms with Gasteiger partial charge < -0.3 is 11.1 Å². The van der Waals surface area contributed by atoms with Crippen molar-refractivity contribution in [1.82, 2.24) is 0 Å². The minimum atomic E-state index is -0.348. The zero-order valence-corrected chi connectivity index (χ0v) is 12.8. The molecule has 0 aliphatic heterocycles. The van der Waals surface area contributed by atoms with Crippen LogP contribution in [0.25, 0.3) is 0 Å². The Morgan fingerprint density at radius 3 is 2.56 bits per heavy atom. The highest BCUT2D eigenvalue weighted by atomic mass is 79.9. The van der Waals surface area contributed by atoms with E-state index in [4.69, 9.17) is 5.73 Å². The van der Waals surface area contributed by atoms with Gasteiger partial charge in [-0.25, -0.2) is 4.39 Å². The lowest BCUT2D eigenvalue weighted by atomic mass is 10.2. The van der Waals surface area contributed by atoms with Gasteiger partial charge in [-0.2, -0.15) is 0 Å². The number of hydrogen-bond donors (Lipinski definition) is 2. The quantitative estimate of drug-likeness (QED) is 0.728. The molecule has 2 aromatic carbocycles. The maximum atomic E-state index is 13.5. The van der Waals surface area contributed by atoms with Gasteiger partial charge in [0.1, 0.15) is 5.82 Å². The standard InChI is InChI=1S/C13H11Br2FN2/c1-7-2-3-8(14)4-12(7)18-13-6-10(16)9(15)5-11(13)17/h2-6,18H,17H2,1H3. The van der Waals surface area contributed by atoms with Gasteiger partial charge in [-0.3, -0.25) is 0 Å². The fourth-order valence-corrected chi connectivity index (χ4v) is 2.27. The Morgan fingerprint density at radius 1 is 1.11 bits per heavy atom. The number of hydrogen-bond acceptors (Lipinski definition) is 2. The smallest absolute Gasteiger partial charge is 0.139 e. The van der Waals surface area contributed by atoms with Crippen molar-refractivity contribution in [1.29, 1.82) is 0 Å². The second kappa shape index (κ2) is 5.28. The Hall–Kier alpha value is -1.07. The minimum Gasteiger partial charge on any atom is -0.397 e. The van der Waals surface area contributed by atoms with Gasteiger partial charge in [-0.1, -0.05) is 22.0 Å². The third-order valence-electron chi connectivity index (χ3n) is 2.56. The van der Waals surface area contributed by atoms with Crippen molar-refractivity contribution < 1.29 is 4.39 Å². The molecule has 0 saturated heterocycles. The van der Waals surface area contributed by atoms with E-state index in [0.717, 1.165) is 15.7 Å². The molecule has 0 atom stereocenters. The molecular formula is C13H11Br2FN2. The van der Waals surface area contributed by atoms with Crippen LogP contribution in [0.2, 0.25) is 0 Å². The number of halogens is 3. The Balaban J connectivity index is 2.40. The Bertz CT molecular complexity index is 600. The van der Waals surface area contributed by atoms with Gasteiger partial charge >= 0.3 is 0 Å². The molecule has 5 heteroatoms. The molecule has 0 saturated carbocycles. The first kappa shape index (κ1) is 13.4. The molecule has 0 amide bonds. The van der Waals surface area contributed by atoms with Crippen LogP contribution >= 0.6 is 31.9 Å². The van der Waals surface area contributed by atoms with Crippen LogP contribution in [0.5, 0.6) is 0 Å². The van der Waals surface area contributed by atoms with E-state index in [1.165, 1.54) is 6.07 Å². The number of nitrogens with one attached hydrogen (secondary N) is 1. The molecule has 0 aromatic heterocycles. The number of nitrogens with two attached hydrogens (primary N) is 1. The van der Waals surface area contributed by atoms with E-state index >= 15 is 0 Å². The average Bonchev–Trinajstić information content (AvgIpc) is 2.30. The third-order valence-corrected chi connectivity index (χ3v) is 3.66. The zero-order chi connectivity index (χ0) is 13.3. The van der Waals surface area contributed by atoms with Gasteiger partial charge in [0.25, 0.3) is 0 Å². The second-order valence-corrected chi connectivity index (χ2v) is 5.71. The van der Waals surface area contributed by atoms with Crippen LogP contribution < -0.4 is 11.1 Å². The lowest BCUT2D eigenvalue weighted by molar-refractivity contribution is 0.622. The predicted octanol–water partition coefficient (Wildman–Crippen LogP) is 4.98. The molecule has 0 spiro atoms. The van der Waals surface area contributed by atoms with Crippen LogP contribution in [0, 0.1) is 12.7 Å². The summed E-state index contributed by atoms with van der Waals surface area (Å²) < 4.78 is 14.8. The zero-order valence-electron chi connectivity index (χ0n) is 9.60. The summed E-state index contributed by atoms with van der Waals surface area (Å²) >= 11 is 6.50. The molecule has 18 heavy (non-hydrogen) atoms. The lowest BCUT2D eigenvalue weighted by Gasteiger charge is -2.13. The maximum absolute atomic E-state index is 13.5. The Labute approximate surface area is 122 Å². The molecule has 0 bridgehead atoms. The van der Waals surface area contributed by atoms with Gasteiger partial charge in [-0.05, 0) is 46.6 Å². The summed E-state index contributed by atoms with van der Waals surface area (Å²) in [4.78, 5) is 0. The highest BCUT2D eigenvalue weighted by Gasteiger charge is 2.07. The van der Waals surface area contributed by atoms with E-state index < -0.39 is 0 Å². The van der Waals surface area contributed by atoms with Crippen molar-refractivity contribution in [2.45, 2.75) is 6.92 Å². The van der Waals surface area contributed by atoms with E-state index in [-0.39, 0.29) is 5.82 Å². The molecule has 2 rings (SSSR count). The van der Waals surface area contributed by atoms with Crippen LogP contribution in [0.4, 0.5) is 21.5 Å². The predicted molar refractivity (Wildman–Crippen MR) is 80.7 cm³/mol. The molecular weight excluding hydrogens is 363 g/mol. The van der Waals surface area contributed by atoms with E-state index in [1.54, 1.807) is 6.07 Å². The van der Waals surface area contributed by atoms with Crippen LogP contribution in [0.3, 0.4) is 0 Å². The van der Waals surface area contributed by atoms with Gasteiger partial charge in [0.15, 0.2) is 0 Å². The number of benzene rings is 2. The van der Waals surface area contributed by atoms with Crippen molar-refractivity contribution in [3.05, 3.63) is 50.7 Å². The summed E-state index contributed by atoms with van der Waals surface area (Å²) in [6.45, 7) is 1.97. The molecule has 0 radical (unpaired) electrons. The van der Waals surface area contributed by atoms with Crippen molar-refractivity contribution in [3.8, 4) is 0 Å². The lowest BCUT2D eigenvalue weighted by Crippen LogP contribution is -1.99. The van der Waals surface area contributed by atoms with Crippen LogP contribution in [0.15, 0.2) is 39.3 Å². The summed E-state index contributed by atoms with van der Waals surface area (Å²) in [5.41, 5.74) is 8.84. The van der Waals surface area contributed by atoms with Gasteiger partial charge in [-0.15, -0.1) is 0 Å². The Morgan fingerprint density at radius 2 is 1.83 bits per heavy atom. The average molecular weight is 374 g/mol. The summed E-state index contributed by atoms with van der Waals surface area (Å²) in [7, 11) is 0. The number of rotatable bonds is 2. The maximum Gasteiger partial charge on any atom is 0.139 e. The molecule has 2 nitrogen and oxygen atoms in total. The van der Waals surface area contributed by atoms with Gasteiger partial charge in [0, 0.05) is 16.2 Å². The first-order valence-electron chi connectivity index (χ1n) is 5.25. The molecule has 0 aliphatic carbocycles. The molecule has 2 aromatic rings. The van der Waals surface area contributed by atoms with E-state index in [2.05, 4.69) is 37.2 Å². The number of nitrogen functional groups attached to an aromatic ring is 1. The molecule has 3 N–H and O–H groups in total. The summed E-state index contributed by atoms with van der Waals surface area (Å²) in [6.07, 6.45) is 0. The fraction of sp³-hybridized carbons (Fsp3) is 0.0769. The second-order valence-electron chi connectivity index (χ2n) is 3.94. The monoisotopic (exact) mass is 372 g/mol.